The zero-order valence-electron chi connectivity index (χ0n) is 15.1. The van der Waals surface area contributed by atoms with E-state index in [0.29, 0.717) is 23.9 Å². The second-order valence-corrected chi connectivity index (χ2v) is 5.97. The first-order valence-corrected chi connectivity index (χ1v) is 8.97. The molecule has 3 rings (SSSR count). The van der Waals surface area contributed by atoms with Crippen LogP contribution in [0, 0.1) is 0 Å². The van der Waals surface area contributed by atoms with Crippen molar-refractivity contribution < 1.29 is 9.53 Å². The molecule has 0 spiro atoms. The third-order valence-electron chi connectivity index (χ3n) is 3.52. The fourth-order valence-electron chi connectivity index (χ4n) is 2.31. The maximum Gasteiger partial charge on any atom is 0.262 e. The smallest absolute Gasteiger partial charge is 0.262 e. The first-order chi connectivity index (χ1) is 13.7. The van der Waals surface area contributed by atoms with Crippen molar-refractivity contribution in [3.8, 4) is 17.1 Å². The zero-order chi connectivity index (χ0) is 19.8. The minimum absolute atomic E-state index is 0.106. The molecule has 3 N–H and O–H groups in total. The van der Waals surface area contributed by atoms with Gasteiger partial charge in [0.1, 0.15) is 12.3 Å². The lowest BCUT2D eigenvalue weighted by Crippen LogP contribution is -2.45. The van der Waals surface area contributed by atoms with Crippen LogP contribution in [0.1, 0.15) is 6.92 Å². The van der Waals surface area contributed by atoms with Crippen LogP contribution in [0.15, 0.2) is 54.6 Å². The Labute approximate surface area is 167 Å². The number of anilines is 1. The van der Waals surface area contributed by atoms with E-state index >= 15 is 0 Å². The van der Waals surface area contributed by atoms with Gasteiger partial charge in [0.05, 0.1) is 12.3 Å². The van der Waals surface area contributed by atoms with E-state index in [4.69, 9.17) is 17.0 Å². The number of tetrazole rings is 1. The first-order valence-electron chi connectivity index (χ1n) is 8.56. The molecule has 1 heterocycles. The highest BCUT2D eigenvalue weighted by atomic mass is 32.1. The topological polar surface area (TPSA) is 106 Å². The number of hydrazine groups is 1. The van der Waals surface area contributed by atoms with E-state index in [1.165, 1.54) is 4.80 Å². The van der Waals surface area contributed by atoms with Crippen molar-refractivity contribution in [3.63, 3.8) is 0 Å². The van der Waals surface area contributed by atoms with E-state index in [9.17, 15) is 4.79 Å². The lowest BCUT2D eigenvalue weighted by atomic mass is 10.2. The van der Waals surface area contributed by atoms with Crippen molar-refractivity contribution in [2.24, 2.45) is 0 Å². The molecule has 1 amide bonds. The number of nitrogens with one attached hydrogen (secondary N) is 3. The lowest BCUT2D eigenvalue weighted by Gasteiger charge is -2.14. The van der Waals surface area contributed by atoms with Crippen LogP contribution in [0.5, 0.6) is 5.75 Å². The summed E-state index contributed by atoms with van der Waals surface area (Å²) in [5, 5.41) is 15.2. The van der Waals surface area contributed by atoms with Crippen LogP contribution in [0.25, 0.3) is 11.4 Å². The molecule has 0 aliphatic heterocycles. The summed E-state index contributed by atoms with van der Waals surface area (Å²) in [4.78, 5) is 13.3. The lowest BCUT2D eigenvalue weighted by molar-refractivity contribution is -0.122. The highest BCUT2D eigenvalue weighted by Gasteiger charge is 2.10. The Balaban J connectivity index is 1.49. The summed E-state index contributed by atoms with van der Waals surface area (Å²) < 4.78 is 5.52. The van der Waals surface area contributed by atoms with Crippen LogP contribution in [-0.2, 0) is 11.3 Å². The number of amides is 1. The van der Waals surface area contributed by atoms with Gasteiger partial charge < -0.3 is 10.1 Å². The van der Waals surface area contributed by atoms with Gasteiger partial charge in [-0.25, -0.2) is 0 Å². The van der Waals surface area contributed by atoms with Gasteiger partial charge in [-0.15, -0.1) is 10.2 Å². The Morgan fingerprint density at radius 1 is 1.11 bits per heavy atom. The zero-order valence-corrected chi connectivity index (χ0v) is 15.9. The molecule has 0 bridgehead atoms. The van der Waals surface area contributed by atoms with Crippen LogP contribution < -0.4 is 20.9 Å². The second-order valence-electron chi connectivity index (χ2n) is 5.57. The number of hydrogen-bond donors (Lipinski definition) is 3. The molecule has 9 nitrogen and oxygen atoms in total. The molecule has 0 aliphatic carbocycles. The van der Waals surface area contributed by atoms with E-state index in [2.05, 4.69) is 31.6 Å². The van der Waals surface area contributed by atoms with Crippen molar-refractivity contribution in [3.05, 3.63) is 54.6 Å². The quantitative estimate of drug-likeness (QED) is 0.427. The Hall–Kier alpha value is -3.53. The predicted octanol–water partition coefficient (Wildman–Crippen LogP) is 1.76. The van der Waals surface area contributed by atoms with Crippen molar-refractivity contribution in [1.29, 1.82) is 0 Å². The maximum atomic E-state index is 12.1. The summed E-state index contributed by atoms with van der Waals surface area (Å²) in [6.07, 6.45) is 0. The highest BCUT2D eigenvalue weighted by Crippen LogP contribution is 2.23. The minimum Gasteiger partial charge on any atom is -0.492 e. The van der Waals surface area contributed by atoms with Crippen molar-refractivity contribution in [2.45, 2.75) is 13.5 Å². The Bertz CT molecular complexity index is 946. The van der Waals surface area contributed by atoms with Gasteiger partial charge in [0.2, 0.25) is 5.82 Å². The number of thiocarbonyl (C=S) groups is 1. The Morgan fingerprint density at radius 2 is 1.86 bits per heavy atom. The van der Waals surface area contributed by atoms with Crippen LogP contribution >= 0.6 is 12.2 Å². The van der Waals surface area contributed by atoms with E-state index in [0.717, 1.165) is 5.56 Å². The van der Waals surface area contributed by atoms with Crippen molar-refractivity contribution in [1.82, 2.24) is 31.1 Å². The molecule has 0 unspecified atom stereocenters. The number of carbonyl (C=O) groups is 1. The number of ether oxygens (including phenoxy) is 1. The van der Waals surface area contributed by atoms with Gasteiger partial charge in [-0.1, -0.05) is 42.5 Å². The summed E-state index contributed by atoms with van der Waals surface area (Å²) in [7, 11) is 0. The number of benzene rings is 2. The van der Waals surface area contributed by atoms with E-state index in [1.807, 2.05) is 61.5 Å². The maximum absolute atomic E-state index is 12.1. The fraction of sp³-hybridized carbons (Fsp3) is 0.167. The van der Waals surface area contributed by atoms with Crippen LogP contribution in [0.4, 0.5) is 5.69 Å². The van der Waals surface area contributed by atoms with Gasteiger partial charge >= 0.3 is 0 Å². The summed E-state index contributed by atoms with van der Waals surface area (Å²) >= 11 is 5.19. The summed E-state index contributed by atoms with van der Waals surface area (Å²) in [5.41, 5.74) is 6.65. The molecular formula is C18H19N7O2S. The Morgan fingerprint density at radius 3 is 2.64 bits per heavy atom. The van der Waals surface area contributed by atoms with E-state index in [1.54, 1.807) is 0 Å². The molecule has 0 radical (unpaired) electrons. The molecule has 3 aromatic rings. The second kappa shape index (κ2) is 9.42. The molecule has 2 aromatic carbocycles. The van der Waals surface area contributed by atoms with Crippen LogP contribution in [0.3, 0.4) is 0 Å². The summed E-state index contributed by atoms with van der Waals surface area (Å²) in [6.45, 7) is 2.32. The largest absolute Gasteiger partial charge is 0.492 e. The molecule has 144 valence electrons. The van der Waals surface area contributed by atoms with Gasteiger partial charge in [-0.05, 0) is 36.5 Å². The molecule has 0 saturated heterocycles. The first kappa shape index (κ1) is 19.2. The molecule has 10 heteroatoms. The molecule has 0 atom stereocenters. The number of para-hydroxylation sites is 2. The van der Waals surface area contributed by atoms with E-state index < -0.39 is 0 Å². The van der Waals surface area contributed by atoms with Crippen molar-refractivity contribution >= 4 is 28.9 Å². The van der Waals surface area contributed by atoms with Gasteiger partial charge in [-0.2, -0.15) is 4.80 Å². The molecule has 0 fully saturated rings. The minimum atomic E-state index is -0.376. The Kier molecular flexibility index (Phi) is 6.47. The van der Waals surface area contributed by atoms with Crippen molar-refractivity contribution in [2.75, 3.05) is 11.9 Å². The van der Waals surface area contributed by atoms with Gasteiger partial charge in [-0.3, -0.25) is 15.6 Å². The predicted molar refractivity (Wildman–Crippen MR) is 108 cm³/mol. The average Bonchev–Trinajstić information content (AvgIpc) is 3.17. The third kappa shape index (κ3) is 5.24. The van der Waals surface area contributed by atoms with Crippen LogP contribution in [-0.4, -0.2) is 37.8 Å². The molecule has 0 saturated carbocycles. The number of carbonyl (C=O) groups excluding carboxylic acids is 1. The number of nitrogens with zero attached hydrogens (tertiary/aromatic N) is 4. The van der Waals surface area contributed by atoms with Gasteiger partial charge in [0, 0.05) is 5.56 Å². The normalized spacial score (nSPS) is 10.2. The van der Waals surface area contributed by atoms with Crippen LogP contribution in [0.2, 0.25) is 0 Å². The molecule has 28 heavy (non-hydrogen) atoms. The highest BCUT2D eigenvalue weighted by molar-refractivity contribution is 7.80. The third-order valence-corrected chi connectivity index (χ3v) is 3.72. The number of hydrogen-bond acceptors (Lipinski definition) is 6. The average molecular weight is 397 g/mol. The number of rotatable bonds is 6. The van der Waals surface area contributed by atoms with E-state index in [-0.39, 0.29) is 17.6 Å². The standard InChI is InChI=1S/C18H19N7O2S/c1-2-27-15-11-7-6-10-14(15)19-18(28)22-20-16(26)12-25-23-17(21-24-25)13-8-4-3-5-9-13/h3-11H,2,12H2,1H3,(H,20,26)(H2,19,22,28). The number of aromatic nitrogens is 4. The molecule has 1 aromatic heterocycles. The summed E-state index contributed by atoms with van der Waals surface area (Å²) in [6, 6.07) is 16.8. The molecule has 0 aliphatic rings. The molecular weight excluding hydrogens is 378 g/mol. The van der Waals surface area contributed by atoms with Gasteiger partial charge in [0.15, 0.2) is 5.11 Å². The van der Waals surface area contributed by atoms with Gasteiger partial charge in [0.25, 0.3) is 5.91 Å². The SMILES string of the molecule is CCOc1ccccc1NC(=S)NNC(=O)Cn1nnc(-c2ccccc2)n1. The monoisotopic (exact) mass is 397 g/mol. The summed E-state index contributed by atoms with van der Waals surface area (Å²) in [5.74, 6) is 0.742. The fourth-order valence-corrected chi connectivity index (χ4v) is 2.47.